The Morgan fingerprint density at radius 2 is 2.29 bits per heavy atom. The van der Waals surface area contributed by atoms with Crippen LogP contribution in [-0.2, 0) is 11.2 Å². The highest BCUT2D eigenvalue weighted by molar-refractivity contribution is 5.85. The second kappa shape index (κ2) is 4.77. The first kappa shape index (κ1) is 10.7. The van der Waals surface area contributed by atoms with Gasteiger partial charge in [0, 0.05) is 6.42 Å². The molecule has 1 unspecified atom stereocenters. The van der Waals surface area contributed by atoms with Gasteiger partial charge in [-0.05, 0) is 24.6 Å². The molecular weight excluding hydrogens is 178 g/mol. The molecular formula is C11H15NO2. The van der Waals surface area contributed by atoms with Crippen molar-refractivity contribution < 1.29 is 9.53 Å². The average Bonchev–Trinajstić information content (AvgIpc) is 2.18. The van der Waals surface area contributed by atoms with Gasteiger partial charge in [0.05, 0.1) is 13.2 Å². The molecule has 3 heteroatoms. The lowest BCUT2D eigenvalue weighted by Crippen LogP contribution is -2.28. The molecule has 1 atom stereocenters. The molecule has 0 saturated heterocycles. The van der Waals surface area contributed by atoms with E-state index in [1.807, 2.05) is 24.3 Å². The zero-order valence-electron chi connectivity index (χ0n) is 8.49. The van der Waals surface area contributed by atoms with Crippen molar-refractivity contribution in [2.24, 2.45) is 5.73 Å². The largest absolute Gasteiger partial charge is 0.497 e. The number of Topliss-reactive ketones (excluding diaryl/α,β-unsaturated/α-hetero) is 1. The molecule has 0 aliphatic heterocycles. The summed E-state index contributed by atoms with van der Waals surface area (Å²) in [6.45, 7) is 1.70. The van der Waals surface area contributed by atoms with Gasteiger partial charge in [0.15, 0.2) is 5.78 Å². The van der Waals surface area contributed by atoms with E-state index in [1.54, 1.807) is 14.0 Å². The van der Waals surface area contributed by atoms with Crippen LogP contribution < -0.4 is 10.5 Å². The number of hydrogen-bond acceptors (Lipinski definition) is 3. The van der Waals surface area contributed by atoms with Gasteiger partial charge in [-0.2, -0.15) is 0 Å². The fraction of sp³-hybridized carbons (Fsp3) is 0.364. The van der Waals surface area contributed by atoms with Gasteiger partial charge < -0.3 is 10.5 Å². The van der Waals surface area contributed by atoms with Crippen LogP contribution in [0, 0.1) is 0 Å². The van der Waals surface area contributed by atoms with Crippen molar-refractivity contribution in [3.05, 3.63) is 29.8 Å². The first-order valence-corrected chi connectivity index (χ1v) is 4.54. The number of methoxy groups -OCH3 is 1. The SMILES string of the molecule is COc1cccc(CC(=O)C(C)N)c1. The quantitative estimate of drug-likeness (QED) is 0.780. The first-order chi connectivity index (χ1) is 6.63. The summed E-state index contributed by atoms with van der Waals surface area (Å²) in [6, 6.07) is 7.05. The van der Waals surface area contributed by atoms with Crippen LogP contribution in [0.3, 0.4) is 0 Å². The van der Waals surface area contributed by atoms with E-state index < -0.39 is 6.04 Å². The van der Waals surface area contributed by atoms with Crippen molar-refractivity contribution >= 4 is 5.78 Å². The molecule has 1 aromatic carbocycles. The van der Waals surface area contributed by atoms with Gasteiger partial charge in [0.25, 0.3) is 0 Å². The third-order valence-corrected chi connectivity index (χ3v) is 2.02. The van der Waals surface area contributed by atoms with E-state index in [0.717, 1.165) is 11.3 Å². The molecule has 0 aromatic heterocycles. The van der Waals surface area contributed by atoms with Gasteiger partial charge in [0.1, 0.15) is 5.75 Å². The van der Waals surface area contributed by atoms with E-state index in [1.165, 1.54) is 0 Å². The number of carbonyl (C=O) groups is 1. The number of benzene rings is 1. The molecule has 14 heavy (non-hydrogen) atoms. The fourth-order valence-electron chi connectivity index (χ4n) is 1.14. The Balaban J connectivity index is 2.72. The molecule has 0 spiro atoms. The molecule has 76 valence electrons. The highest BCUT2D eigenvalue weighted by atomic mass is 16.5. The number of ether oxygens (including phenoxy) is 1. The number of carbonyl (C=O) groups excluding carboxylic acids is 1. The summed E-state index contributed by atoms with van der Waals surface area (Å²) in [7, 11) is 1.60. The molecule has 0 bridgehead atoms. The van der Waals surface area contributed by atoms with Crippen LogP contribution in [0.25, 0.3) is 0 Å². The molecule has 0 fully saturated rings. The maximum atomic E-state index is 11.3. The predicted octanol–water partition coefficient (Wildman–Crippen LogP) is 1.15. The summed E-state index contributed by atoms with van der Waals surface area (Å²) in [5.41, 5.74) is 6.41. The minimum atomic E-state index is -0.402. The summed E-state index contributed by atoms with van der Waals surface area (Å²) in [5, 5.41) is 0. The zero-order valence-corrected chi connectivity index (χ0v) is 8.49. The Morgan fingerprint density at radius 3 is 2.86 bits per heavy atom. The van der Waals surface area contributed by atoms with E-state index in [0.29, 0.717) is 6.42 Å². The van der Waals surface area contributed by atoms with Crippen LogP contribution in [0.4, 0.5) is 0 Å². The van der Waals surface area contributed by atoms with Crippen molar-refractivity contribution in [3.63, 3.8) is 0 Å². The number of rotatable bonds is 4. The maximum absolute atomic E-state index is 11.3. The van der Waals surface area contributed by atoms with Crippen molar-refractivity contribution in [2.75, 3.05) is 7.11 Å². The average molecular weight is 193 g/mol. The molecule has 3 nitrogen and oxygen atoms in total. The predicted molar refractivity (Wildman–Crippen MR) is 55.4 cm³/mol. The molecule has 0 amide bonds. The maximum Gasteiger partial charge on any atom is 0.153 e. The first-order valence-electron chi connectivity index (χ1n) is 4.54. The monoisotopic (exact) mass is 193 g/mol. The standard InChI is InChI=1S/C11H15NO2/c1-8(12)11(13)7-9-4-3-5-10(6-9)14-2/h3-6,8H,7,12H2,1-2H3. The Kier molecular flexibility index (Phi) is 3.65. The highest BCUT2D eigenvalue weighted by Gasteiger charge is 2.08. The summed E-state index contributed by atoms with van der Waals surface area (Å²) < 4.78 is 5.05. The van der Waals surface area contributed by atoms with Crippen LogP contribution in [-0.4, -0.2) is 18.9 Å². The molecule has 2 N–H and O–H groups in total. The van der Waals surface area contributed by atoms with Crippen molar-refractivity contribution in [1.82, 2.24) is 0 Å². The Labute approximate surface area is 83.9 Å². The smallest absolute Gasteiger partial charge is 0.153 e. The van der Waals surface area contributed by atoms with Crippen LogP contribution in [0.2, 0.25) is 0 Å². The third-order valence-electron chi connectivity index (χ3n) is 2.02. The second-order valence-electron chi connectivity index (χ2n) is 3.28. The zero-order chi connectivity index (χ0) is 10.6. The number of nitrogens with two attached hydrogens (primary N) is 1. The summed E-state index contributed by atoms with van der Waals surface area (Å²) in [4.78, 5) is 11.3. The molecule has 0 aliphatic carbocycles. The van der Waals surface area contributed by atoms with Crippen LogP contribution in [0.15, 0.2) is 24.3 Å². The lowest BCUT2D eigenvalue weighted by atomic mass is 10.1. The van der Waals surface area contributed by atoms with Gasteiger partial charge in [0.2, 0.25) is 0 Å². The van der Waals surface area contributed by atoms with E-state index >= 15 is 0 Å². The molecule has 0 aliphatic rings. The Bertz CT molecular complexity index is 321. The lowest BCUT2D eigenvalue weighted by molar-refractivity contribution is -0.119. The Hall–Kier alpha value is -1.35. The van der Waals surface area contributed by atoms with E-state index in [9.17, 15) is 4.79 Å². The van der Waals surface area contributed by atoms with Crippen molar-refractivity contribution in [2.45, 2.75) is 19.4 Å². The summed E-state index contributed by atoms with van der Waals surface area (Å²) in [6.07, 6.45) is 0.370. The summed E-state index contributed by atoms with van der Waals surface area (Å²) in [5.74, 6) is 0.804. The van der Waals surface area contributed by atoms with Crippen molar-refractivity contribution in [3.8, 4) is 5.75 Å². The number of hydrogen-bond donors (Lipinski definition) is 1. The fourth-order valence-corrected chi connectivity index (χ4v) is 1.14. The molecule has 0 radical (unpaired) electrons. The van der Waals surface area contributed by atoms with Gasteiger partial charge in [-0.15, -0.1) is 0 Å². The van der Waals surface area contributed by atoms with E-state index in [-0.39, 0.29) is 5.78 Å². The van der Waals surface area contributed by atoms with E-state index in [2.05, 4.69) is 0 Å². The lowest BCUT2D eigenvalue weighted by Gasteiger charge is -2.05. The number of ketones is 1. The third kappa shape index (κ3) is 2.85. The molecule has 1 rings (SSSR count). The van der Waals surface area contributed by atoms with E-state index in [4.69, 9.17) is 10.5 Å². The minimum Gasteiger partial charge on any atom is -0.497 e. The molecule has 0 heterocycles. The minimum absolute atomic E-state index is 0.0400. The normalized spacial score (nSPS) is 12.2. The molecule has 0 saturated carbocycles. The van der Waals surface area contributed by atoms with Gasteiger partial charge in [-0.1, -0.05) is 12.1 Å². The van der Waals surface area contributed by atoms with Crippen LogP contribution >= 0.6 is 0 Å². The Morgan fingerprint density at radius 1 is 1.57 bits per heavy atom. The molecule has 1 aromatic rings. The van der Waals surface area contributed by atoms with Gasteiger partial charge >= 0.3 is 0 Å². The highest BCUT2D eigenvalue weighted by Crippen LogP contribution is 2.13. The summed E-state index contributed by atoms with van der Waals surface area (Å²) >= 11 is 0. The van der Waals surface area contributed by atoms with Crippen molar-refractivity contribution in [1.29, 1.82) is 0 Å². The van der Waals surface area contributed by atoms with Gasteiger partial charge in [-0.3, -0.25) is 4.79 Å². The van der Waals surface area contributed by atoms with Crippen LogP contribution in [0.5, 0.6) is 5.75 Å². The topological polar surface area (TPSA) is 52.3 Å². The van der Waals surface area contributed by atoms with Gasteiger partial charge in [-0.25, -0.2) is 0 Å². The van der Waals surface area contributed by atoms with Crippen LogP contribution in [0.1, 0.15) is 12.5 Å². The second-order valence-corrected chi connectivity index (χ2v) is 3.28.